The van der Waals surface area contributed by atoms with E-state index in [1.807, 2.05) is 14.0 Å². The Bertz CT molecular complexity index is 480. The minimum absolute atomic E-state index is 0.225. The van der Waals surface area contributed by atoms with Crippen LogP contribution in [0.3, 0.4) is 0 Å². The van der Waals surface area contributed by atoms with Crippen LogP contribution in [-0.2, 0) is 11.8 Å². The van der Waals surface area contributed by atoms with Gasteiger partial charge in [0.15, 0.2) is 0 Å². The number of carbonyl (C=O) groups is 1. The average Bonchev–Trinajstić information content (AvgIpc) is 2.82. The van der Waals surface area contributed by atoms with Crippen molar-refractivity contribution in [3.8, 4) is 0 Å². The van der Waals surface area contributed by atoms with Crippen molar-refractivity contribution >= 4 is 11.8 Å². The Labute approximate surface area is 99.8 Å². The number of carboxylic acid groups (broad SMARTS) is 1. The van der Waals surface area contributed by atoms with E-state index in [1.54, 1.807) is 4.68 Å². The first-order valence-electron chi connectivity index (χ1n) is 6.12. The van der Waals surface area contributed by atoms with Crippen molar-refractivity contribution in [3.63, 3.8) is 0 Å². The Hall–Kier alpha value is -1.52. The Balaban J connectivity index is 2.15. The summed E-state index contributed by atoms with van der Waals surface area (Å²) in [6, 6.07) is 0.304. The van der Waals surface area contributed by atoms with Crippen LogP contribution in [-0.4, -0.2) is 26.9 Å². The standard InChI is InChI=1S/C12H17N3O2/c1-6-9-10(12(16)17)7-4-3-5-8(7)13-11(9)15(2)14-6/h7-8,10,13H,3-5H2,1-2H3,(H,16,17). The molecule has 17 heavy (non-hydrogen) atoms. The molecule has 0 amide bonds. The number of fused-ring (bicyclic) bond motifs is 2. The second-order valence-electron chi connectivity index (χ2n) is 5.13. The first kappa shape index (κ1) is 10.6. The molecule has 0 aromatic carbocycles. The third-order valence-electron chi connectivity index (χ3n) is 4.17. The van der Waals surface area contributed by atoms with Crippen molar-refractivity contribution in [1.82, 2.24) is 9.78 Å². The van der Waals surface area contributed by atoms with Crippen molar-refractivity contribution in [2.24, 2.45) is 13.0 Å². The molecule has 1 aliphatic heterocycles. The van der Waals surface area contributed by atoms with Gasteiger partial charge in [-0.15, -0.1) is 0 Å². The van der Waals surface area contributed by atoms with E-state index in [9.17, 15) is 9.90 Å². The molecule has 0 spiro atoms. The molecule has 1 fully saturated rings. The molecule has 1 aliphatic carbocycles. The van der Waals surface area contributed by atoms with Gasteiger partial charge in [-0.3, -0.25) is 9.48 Å². The van der Waals surface area contributed by atoms with Crippen LogP contribution in [0.2, 0.25) is 0 Å². The topological polar surface area (TPSA) is 67.2 Å². The molecule has 3 atom stereocenters. The molecule has 2 heterocycles. The molecule has 0 radical (unpaired) electrons. The summed E-state index contributed by atoms with van der Waals surface area (Å²) in [5.41, 5.74) is 1.73. The number of nitrogens with zero attached hydrogens (tertiary/aromatic N) is 2. The fourth-order valence-corrected chi connectivity index (χ4v) is 3.48. The highest BCUT2D eigenvalue weighted by atomic mass is 16.4. The van der Waals surface area contributed by atoms with E-state index in [0.29, 0.717) is 6.04 Å². The third-order valence-corrected chi connectivity index (χ3v) is 4.17. The maximum absolute atomic E-state index is 11.6. The smallest absolute Gasteiger partial charge is 0.311 e. The number of nitrogens with one attached hydrogen (secondary N) is 1. The lowest BCUT2D eigenvalue weighted by molar-refractivity contribution is -0.140. The normalized spacial score (nSPS) is 30.6. The molecule has 0 saturated heterocycles. The number of hydrogen-bond acceptors (Lipinski definition) is 3. The van der Waals surface area contributed by atoms with E-state index in [4.69, 9.17) is 0 Å². The van der Waals surface area contributed by atoms with Crippen molar-refractivity contribution < 1.29 is 9.90 Å². The molecular formula is C12H17N3O2. The summed E-state index contributed by atoms with van der Waals surface area (Å²) in [4.78, 5) is 11.6. The minimum atomic E-state index is -0.708. The van der Waals surface area contributed by atoms with E-state index >= 15 is 0 Å². The minimum Gasteiger partial charge on any atom is -0.481 e. The zero-order valence-electron chi connectivity index (χ0n) is 10.1. The number of hydrogen-bond donors (Lipinski definition) is 2. The van der Waals surface area contributed by atoms with Crippen LogP contribution >= 0.6 is 0 Å². The number of anilines is 1. The fourth-order valence-electron chi connectivity index (χ4n) is 3.48. The highest BCUT2D eigenvalue weighted by Crippen LogP contribution is 2.46. The van der Waals surface area contributed by atoms with Gasteiger partial charge in [-0.2, -0.15) is 5.10 Å². The number of aryl methyl sites for hydroxylation is 2. The summed E-state index contributed by atoms with van der Waals surface area (Å²) in [6.45, 7) is 1.89. The van der Waals surface area contributed by atoms with Crippen molar-refractivity contribution in [3.05, 3.63) is 11.3 Å². The van der Waals surface area contributed by atoms with Gasteiger partial charge in [0, 0.05) is 18.7 Å². The molecule has 92 valence electrons. The summed E-state index contributed by atoms with van der Waals surface area (Å²) >= 11 is 0. The first-order chi connectivity index (χ1) is 8.09. The zero-order valence-corrected chi connectivity index (χ0v) is 10.1. The molecule has 3 unspecified atom stereocenters. The van der Waals surface area contributed by atoms with E-state index in [1.165, 1.54) is 0 Å². The van der Waals surface area contributed by atoms with Crippen LogP contribution in [0.5, 0.6) is 0 Å². The lowest BCUT2D eigenvalue weighted by Crippen LogP contribution is -2.38. The lowest BCUT2D eigenvalue weighted by atomic mass is 9.79. The van der Waals surface area contributed by atoms with Crippen molar-refractivity contribution in [2.75, 3.05) is 5.32 Å². The molecule has 1 aromatic rings. The zero-order chi connectivity index (χ0) is 12.2. The second kappa shape index (κ2) is 3.48. The summed E-state index contributed by atoms with van der Waals surface area (Å²) in [6.07, 6.45) is 3.19. The molecule has 0 bridgehead atoms. The lowest BCUT2D eigenvalue weighted by Gasteiger charge is -2.33. The Morgan fingerprint density at radius 2 is 2.29 bits per heavy atom. The van der Waals surface area contributed by atoms with Crippen molar-refractivity contribution in [1.29, 1.82) is 0 Å². The van der Waals surface area contributed by atoms with Crippen LogP contribution < -0.4 is 5.32 Å². The Morgan fingerprint density at radius 3 is 3.00 bits per heavy atom. The highest BCUT2D eigenvalue weighted by Gasteiger charge is 2.45. The summed E-state index contributed by atoms with van der Waals surface area (Å²) in [5.74, 6) is 0.0363. The predicted octanol–water partition coefficient (Wildman–Crippen LogP) is 1.49. The maximum atomic E-state index is 11.6. The van der Waals surface area contributed by atoms with Crippen LogP contribution in [0.15, 0.2) is 0 Å². The van der Waals surface area contributed by atoms with Gasteiger partial charge in [-0.1, -0.05) is 6.42 Å². The number of rotatable bonds is 1. The molecule has 1 aromatic heterocycles. The van der Waals surface area contributed by atoms with Crippen LogP contribution in [0.1, 0.15) is 36.4 Å². The first-order valence-corrected chi connectivity index (χ1v) is 6.12. The highest BCUT2D eigenvalue weighted by molar-refractivity contribution is 5.81. The van der Waals surface area contributed by atoms with Gasteiger partial charge in [0.1, 0.15) is 5.82 Å². The number of carboxylic acids is 1. The molecule has 3 rings (SSSR count). The van der Waals surface area contributed by atoms with E-state index in [-0.39, 0.29) is 11.8 Å². The van der Waals surface area contributed by atoms with Crippen molar-refractivity contribution in [2.45, 2.75) is 38.1 Å². The van der Waals surface area contributed by atoms with Gasteiger partial charge in [0.05, 0.1) is 11.6 Å². The molecule has 5 nitrogen and oxygen atoms in total. The largest absolute Gasteiger partial charge is 0.481 e. The summed E-state index contributed by atoms with van der Waals surface area (Å²) in [5, 5.41) is 17.3. The summed E-state index contributed by atoms with van der Waals surface area (Å²) in [7, 11) is 1.87. The van der Waals surface area contributed by atoms with Crippen LogP contribution in [0, 0.1) is 12.8 Å². The maximum Gasteiger partial charge on any atom is 0.311 e. The quantitative estimate of drug-likeness (QED) is 0.774. The molecule has 1 saturated carbocycles. The van der Waals surface area contributed by atoms with Gasteiger partial charge in [-0.25, -0.2) is 0 Å². The monoisotopic (exact) mass is 235 g/mol. The van der Waals surface area contributed by atoms with E-state index < -0.39 is 5.97 Å². The molecule has 2 N–H and O–H groups in total. The van der Waals surface area contributed by atoms with Gasteiger partial charge >= 0.3 is 5.97 Å². The molecular weight excluding hydrogens is 218 g/mol. The van der Waals surface area contributed by atoms with E-state index in [0.717, 1.165) is 36.3 Å². The number of aliphatic carboxylic acids is 1. The Morgan fingerprint density at radius 1 is 1.53 bits per heavy atom. The number of aromatic nitrogens is 2. The third kappa shape index (κ3) is 1.38. The Kier molecular flexibility index (Phi) is 2.18. The van der Waals surface area contributed by atoms with Crippen LogP contribution in [0.25, 0.3) is 0 Å². The van der Waals surface area contributed by atoms with E-state index in [2.05, 4.69) is 10.4 Å². The van der Waals surface area contributed by atoms with Gasteiger partial charge in [0.2, 0.25) is 0 Å². The average molecular weight is 235 g/mol. The van der Waals surface area contributed by atoms with Gasteiger partial charge < -0.3 is 10.4 Å². The fraction of sp³-hybridized carbons (Fsp3) is 0.667. The SMILES string of the molecule is Cc1nn(C)c2c1C(C(=O)O)C1CCCC1N2. The second-order valence-corrected chi connectivity index (χ2v) is 5.13. The molecule has 2 aliphatic rings. The van der Waals surface area contributed by atoms with Gasteiger partial charge in [-0.05, 0) is 25.7 Å². The predicted molar refractivity (Wildman–Crippen MR) is 63.1 cm³/mol. The molecule has 5 heteroatoms. The van der Waals surface area contributed by atoms with Crippen LogP contribution in [0.4, 0.5) is 5.82 Å². The van der Waals surface area contributed by atoms with Gasteiger partial charge in [0.25, 0.3) is 0 Å². The summed E-state index contributed by atoms with van der Waals surface area (Å²) < 4.78 is 1.77.